The van der Waals surface area contributed by atoms with Crippen molar-refractivity contribution in [2.24, 2.45) is 0 Å². The van der Waals surface area contributed by atoms with Gasteiger partial charge in [0.2, 0.25) is 0 Å². The van der Waals surface area contributed by atoms with Crippen molar-refractivity contribution in [2.75, 3.05) is 20.1 Å². The first-order valence-corrected chi connectivity index (χ1v) is 6.33. The molecule has 1 aliphatic carbocycles. The first kappa shape index (κ1) is 10.3. The Morgan fingerprint density at radius 3 is 2.69 bits per heavy atom. The molecule has 2 aliphatic rings. The number of likely N-dealkylation sites (tertiary alicyclic amines) is 1. The van der Waals surface area contributed by atoms with Crippen molar-refractivity contribution < 1.29 is 4.52 Å². The summed E-state index contributed by atoms with van der Waals surface area (Å²) < 4.78 is 5.47. The predicted molar refractivity (Wildman–Crippen MR) is 62.6 cm³/mol. The lowest BCUT2D eigenvalue weighted by Gasteiger charge is -2.36. The van der Waals surface area contributed by atoms with Crippen molar-refractivity contribution in [3.8, 4) is 0 Å². The number of piperidine rings is 1. The largest absolute Gasteiger partial charge is 0.361 e. The molecule has 0 spiro atoms. The van der Waals surface area contributed by atoms with Crippen molar-refractivity contribution in [1.82, 2.24) is 10.1 Å². The number of hydrogen-bond donors (Lipinski definition) is 0. The summed E-state index contributed by atoms with van der Waals surface area (Å²) in [5.74, 6) is 1.80. The van der Waals surface area contributed by atoms with Crippen LogP contribution < -0.4 is 0 Å². The van der Waals surface area contributed by atoms with Gasteiger partial charge in [0.15, 0.2) is 0 Å². The monoisotopic (exact) mass is 220 g/mol. The van der Waals surface area contributed by atoms with Crippen LogP contribution in [0.2, 0.25) is 0 Å². The molecule has 0 amide bonds. The van der Waals surface area contributed by atoms with Gasteiger partial charge in [0.05, 0.1) is 5.69 Å². The summed E-state index contributed by atoms with van der Waals surface area (Å²) in [6.07, 6.45) is 4.96. The van der Waals surface area contributed by atoms with Crippen LogP contribution in [0.4, 0.5) is 0 Å². The number of aromatic nitrogens is 1. The molecule has 0 unspecified atom stereocenters. The maximum atomic E-state index is 5.47. The molecule has 0 atom stereocenters. The highest BCUT2D eigenvalue weighted by atomic mass is 16.5. The van der Waals surface area contributed by atoms with E-state index >= 15 is 0 Å². The second-order valence-electron chi connectivity index (χ2n) is 5.75. The summed E-state index contributed by atoms with van der Waals surface area (Å²) in [7, 11) is 2.19. The first-order valence-electron chi connectivity index (χ1n) is 6.33. The maximum absolute atomic E-state index is 5.47. The molecule has 0 bridgehead atoms. The minimum Gasteiger partial charge on any atom is -0.361 e. The Morgan fingerprint density at radius 1 is 1.38 bits per heavy atom. The lowest BCUT2D eigenvalue weighted by Crippen LogP contribution is -2.39. The number of rotatable bonds is 2. The van der Waals surface area contributed by atoms with Crippen LogP contribution in [0.3, 0.4) is 0 Å². The Labute approximate surface area is 96.8 Å². The highest BCUT2D eigenvalue weighted by molar-refractivity contribution is 5.21. The van der Waals surface area contributed by atoms with Gasteiger partial charge in [0, 0.05) is 17.4 Å². The van der Waals surface area contributed by atoms with Crippen LogP contribution in [-0.2, 0) is 5.41 Å². The Bertz CT molecular complexity index is 373. The average Bonchev–Trinajstić information content (AvgIpc) is 3.01. The molecular formula is C13H20N2O. The van der Waals surface area contributed by atoms with Crippen molar-refractivity contribution in [3.63, 3.8) is 0 Å². The fourth-order valence-corrected chi connectivity index (χ4v) is 2.50. The van der Waals surface area contributed by atoms with E-state index < -0.39 is 0 Å². The maximum Gasteiger partial charge on any atom is 0.140 e. The van der Waals surface area contributed by atoms with Gasteiger partial charge in [-0.25, -0.2) is 0 Å². The molecule has 0 radical (unpaired) electrons. The quantitative estimate of drug-likeness (QED) is 0.767. The van der Waals surface area contributed by atoms with Crippen LogP contribution in [0.25, 0.3) is 0 Å². The van der Waals surface area contributed by atoms with Gasteiger partial charge in [-0.15, -0.1) is 0 Å². The third-order valence-corrected chi connectivity index (χ3v) is 4.22. The second kappa shape index (κ2) is 3.59. The van der Waals surface area contributed by atoms with Crippen molar-refractivity contribution in [3.05, 3.63) is 17.5 Å². The molecule has 1 aromatic heterocycles. The van der Waals surface area contributed by atoms with E-state index in [0.717, 1.165) is 5.76 Å². The van der Waals surface area contributed by atoms with Gasteiger partial charge in [0.25, 0.3) is 0 Å². The molecule has 3 rings (SSSR count). The van der Waals surface area contributed by atoms with Gasteiger partial charge >= 0.3 is 0 Å². The molecule has 1 saturated heterocycles. The highest BCUT2D eigenvalue weighted by Gasteiger charge is 2.35. The van der Waals surface area contributed by atoms with Gasteiger partial charge in [-0.1, -0.05) is 12.1 Å². The van der Waals surface area contributed by atoms with Gasteiger partial charge in [-0.3, -0.25) is 0 Å². The molecule has 3 nitrogen and oxygen atoms in total. The van der Waals surface area contributed by atoms with Crippen molar-refractivity contribution >= 4 is 0 Å². The summed E-state index contributed by atoms with van der Waals surface area (Å²) in [5, 5.41) is 4.30. The predicted octanol–water partition coefficient (Wildman–Crippen LogP) is 2.54. The van der Waals surface area contributed by atoms with Gasteiger partial charge < -0.3 is 9.42 Å². The molecule has 0 aromatic carbocycles. The van der Waals surface area contributed by atoms with Crippen LogP contribution in [0.5, 0.6) is 0 Å². The third-order valence-electron chi connectivity index (χ3n) is 4.22. The lowest BCUT2D eigenvalue weighted by atomic mass is 9.77. The molecule has 1 aromatic rings. The van der Waals surface area contributed by atoms with E-state index in [1.807, 2.05) is 0 Å². The first-order chi connectivity index (χ1) is 7.67. The molecule has 16 heavy (non-hydrogen) atoms. The van der Waals surface area contributed by atoms with Gasteiger partial charge in [-0.05, 0) is 45.8 Å². The Kier molecular flexibility index (Phi) is 2.32. The zero-order chi connectivity index (χ0) is 11.2. The van der Waals surface area contributed by atoms with E-state index in [9.17, 15) is 0 Å². The van der Waals surface area contributed by atoms with Crippen LogP contribution in [-0.4, -0.2) is 30.2 Å². The van der Waals surface area contributed by atoms with Gasteiger partial charge in [0.1, 0.15) is 5.76 Å². The minimum absolute atomic E-state index is 0.239. The molecule has 1 saturated carbocycles. The zero-order valence-corrected chi connectivity index (χ0v) is 10.2. The van der Waals surface area contributed by atoms with Crippen LogP contribution in [0.1, 0.15) is 50.0 Å². The van der Waals surface area contributed by atoms with Crippen molar-refractivity contribution in [2.45, 2.75) is 43.9 Å². The van der Waals surface area contributed by atoms with Crippen LogP contribution in [0.15, 0.2) is 10.6 Å². The minimum atomic E-state index is 0.239. The Balaban J connectivity index is 1.78. The van der Waals surface area contributed by atoms with E-state index in [1.54, 1.807) is 0 Å². The number of nitrogens with zero attached hydrogens (tertiary/aromatic N) is 2. The second-order valence-corrected chi connectivity index (χ2v) is 5.75. The Hall–Kier alpha value is -0.830. The fraction of sp³-hybridized carbons (Fsp3) is 0.769. The van der Waals surface area contributed by atoms with Gasteiger partial charge in [-0.2, -0.15) is 0 Å². The number of hydrogen-bond acceptors (Lipinski definition) is 3. The zero-order valence-electron chi connectivity index (χ0n) is 10.2. The SMILES string of the molecule is CN1CCC(C)(c2cc(C3CC3)on2)CC1. The van der Waals surface area contributed by atoms with E-state index in [-0.39, 0.29) is 5.41 Å². The summed E-state index contributed by atoms with van der Waals surface area (Å²) in [6.45, 7) is 4.67. The van der Waals surface area contributed by atoms with Crippen LogP contribution >= 0.6 is 0 Å². The molecule has 2 heterocycles. The summed E-state index contributed by atoms with van der Waals surface area (Å²) >= 11 is 0. The van der Waals surface area contributed by atoms with E-state index in [4.69, 9.17) is 4.52 Å². The summed E-state index contributed by atoms with van der Waals surface area (Å²) in [5.41, 5.74) is 1.42. The van der Waals surface area contributed by atoms with E-state index in [2.05, 4.69) is 30.1 Å². The summed E-state index contributed by atoms with van der Waals surface area (Å²) in [6, 6.07) is 2.21. The molecule has 0 N–H and O–H groups in total. The standard InChI is InChI=1S/C13H20N2O/c1-13(5-7-15(2)8-6-13)12-9-11(16-14-12)10-3-4-10/h9-10H,3-8H2,1-2H3. The van der Waals surface area contributed by atoms with E-state index in [0.29, 0.717) is 5.92 Å². The smallest absolute Gasteiger partial charge is 0.140 e. The molecular weight excluding hydrogens is 200 g/mol. The van der Waals surface area contributed by atoms with E-state index in [1.165, 1.54) is 44.5 Å². The molecule has 1 aliphatic heterocycles. The normalized spacial score (nSPS) is 25.9. The topological polar surface area (TPSA) is 29.3 Å². The molecule has 3 heteroatoms. The summed E-state index contributed by atoms with van der Waals surface area (Å²) in [4.78, 5) is 2.39. The fourth-order valence-electron chi connectivity index (χ4n) is 2.50. The average molecular weight is 220 g/mol. The van der Waals surface area contributed by atoms with Crippen molar-refractivity contribution in [1.29, 1.82) is 0 Å². The Morgan fingerprint density at radius 2 is 2.06 bits per heavy atom. The lowest BCUT2D eigenvalue weighted by molar-refractivity contribution is 0.192. The highest BCUT2D eigenvalue weighted by Crippen LogP contribution is 2.42. The third kappa shape index (κ3) is 1.77. The molecule has 88 valence electrons. The molecule has 2 fully saturated rings. The van der Waals surface area contributed by atoms with Crippen LogP contribution in [0, 0.1) is 0 Å².